The van der Waals surface area contributed by atoms with Crippen LogP contribution >= 0.6 is 35.4 Å². The van der Waals surface area contributed by atoms with Gasteiger partial charge in [0.05, 0.1) is 0 Å². The van der Waals surface area contributed by atoms with Crippen LogP contribution in [-0.2, 0) is 22.6 Å². The van der Waals surface area contributed by atoms with E-state index in [9.17, 15) is 14.4 Å². The minimum absolute atomic E-state index is 0.0184. The van der Waals surface area contributed by atoms with Crippen LogP contribution in [-0.4, -0.2) is 69.9 Å². The lowest BCUT2D eigenvalue weighted by Crippen LogP contribution is -2.67. The summed E-state index contributed by atoms with van der Waals surface area (Å²) in [5.41, 5.74) is 0.173. The van der Waals surface area contributed by atoms with E-state index in [1.165, 1.54) is 9.80 Å². The number of fused-ring (bicyclic) bond motifs is 4. The van der Waals surface area contributed by atoms with Crippen LogP contribution in [0.3, 0.4) is 0 Å². The lowest BCUT2D eigenvalue weighted by Gasteiger charge is -2.48. The van der Waals surface area contributed by atoms with Gasteiger partial charge in [0.25, 0.3) is 5.56 Å². The van der Waals surface area contributed by atoms with Gasteiger partial charge in [-0.25, -0.2) is 0 Å². The SMILES string of the molecule is CN1C(=O)C(Cc2c(Cl)cccc2Cl)(CN2C[C@H]3C[C@H](C2)c2cccc(=O)n2C3)C(=O)N(C)C1=S. The number of hydrogen-bond donors (Lipinski definition) is 0. The van der Waals surface area contributed by atoms with Gasteiger partial charge in [-0.05, 0) is 54.7 Å². The first kappa shape index (κ1) is 24.4. The number of nitrogens with zero attached hydrogens (tertiary/aromatic N) is 4. The molecule has 35 heavy (non-hydrogen) atoms. The zero-order chi connectivity index (χ0) is 25.1. The van der Waals surface area contributed by atoms with Gasteiger partial charge in [0, 0.05) is 68.0 Å². The summed E-state index contributed by atoms with van der Waals surface area (Å²) in [4.78, 5) is 45.0. The maximum Gasteiger partial charge on any atom is 0.250 e. The molecule has 10 heteroatoms. The van der Waals surface area contributed by atoms with Crippen molar-refractivity contribution in [2.75, 3.05) is 33.7 Å². The minimum Gasteiger partial charge on any atom is -0.312 e. The summed E-state index contributed by atoms with van der Waals surface area (Å²) in [7, 11) is 3.20. The number of halogens is 2. The predicted molar refractivity (Wildman–Crippen MR) is 139 cm³/mol. The Bertz CT molecular complexity index is 1250. The molecule has 2 amide bonds. The first-order valence-corrected chi connectivity index (χ1v) is 12.7. The van der Waals surface area contributed by atoms with Crippen LogP contribution < -0.4 is 5.56 Å². The van der Waals surface area contributed by atoms with Crippen molar-refractivity contribution in [3.8, 4) is 0 Å². The average molecular weight is 533 g/mol. The van der Waals surface area contributed by atoms with Crippen molar-refractivity contribution in [3.63, 3.8) is 0 Å². The second-order valence-electron chi connectivity index (χ2n) is 9.86. The number of amides is 2. The fourth-order valence-electron chi connectivity index (χ4n) is 5.98. The second-order valence-corrected chi connectivity index (χ2v) is 11.0. The monoisotopic (exact) mass is 532 g/mol. The normalized spacial score (nSPS) is 24.1. The fourth-order valence-corrected chi connectivity index (χ4v) is 6.68. The van der Waals surface area contributed by atoms with Crippen LogP contribution in [0.4, 0.5) is 0 Å². The van der Waals surface area contributed by atoms with Gasteiger partial charge in [-0.1, -0.05) is 35.3 Å². The van der Waals surface area contributed by atoms with Gasteiger partial charge in [-0.2, -0.15) is 0 Å². The summed E-state index contributed by atoms with van der Waals surface area (Å²) < 4.78 is 1.87. The summed E-state index contributed by atoms with van der Waals surface area (Å²) >= 11 is 18.3. The van der Waals surface area contributed by atoms with E-state index in [0.717, 1.165) is 12.1 Å². The molecule has 2 bridgehead atoms. The van der Waals surface area contributed by atoms with Crippen LogP contribution in [0.2, 0.25) is 10.0 Å². The first-order chi connectivity index (χ1) is 16.6. The fraction of sp³-hybridized carbons (Fsp3) is 0.440. The molecule has 2 fully saturated rings. The van der Waals surface area contributed by atoms with E-state index in [1.54, 1.807) is 44.4 Å². The highest BCUT2D eigenvalue weighted by atomic mass is 35.5. The second kappa shape index (κ2) is 9.00. The van der Waals surface area contributed by atoms with Gasteiger partial charge >= 0.3 is 0 Å². The Labute approximate surface area is 219 Å². The third-order valence-corrected chi connectivity index (χ3v) is 8.85. The quantitative estimate of drug-likeness (QED) is 0.447. The Morgan fingerprint density at radius 1 is 0.943 bits per heavy atom. The molecule has 2 saturated heterocycles. The van der Waals surface area contributed by atoms with Crippen molar-refractivity contribution in [1.82, 2.24) is 19.3 Å². The number of aromatic nitrogens is 1. The van der Waals surface area contributed by atoms with E-state index in [-0.39, 0.29) is 47.3 Å². The standard InChI is InChI=1S/C25H26Cl2N4O3S/c1-28-22(33)25(23(34)29(2)24(28)35,10-17-18(26)5-3-6-19(17)27)14-30-11-15-9-16(13-30)20-7-4-8-21(32)31(20)12-15/h3-8,15-16H,9-14H2,1-2H3/t15-,16-/m1/s1. The summed E-state index contributed by atoms with van der Waals surface area (Å²) in [6.07, 6.45) is 1.05. The van der Waals surface area contributed by atoms with Crippen molar-refractivity contribution in [2.24, 2.45) is 11.3 Å². The molecule has 3 aliphatic rings. The first-order valence-electron chi connectivity index (χ1n) is 11.6. The van der Waals surface area contributed by atoms with E-state index in [4.69, 9.17) is 35.4 Å². The number of hydrogen-bond acceptors (Lipinski definition) is 5. The Morgan fingerprint density at radius 3 is 2.23 bits per heavy atom. The molecule has 0 spiro atoms. The predicted octanol–water partition coefficient (Wildman–Crippen LogP) is 3.02. The number of likely N-dealkylation sites (tertiary alicyclic amines) is 1. The van der Waals surface area contributed by atoms with E-state index in [1.807, 2.05) is 10.6 Å². The molecule has 0 aliphatic carbocycles. The van der Waals surface area contributed by atoms with Gasteiger partial charge in [0.2, 0.25) is 11.8 Å². The highest BCUT2D eigenvalue weighted by Crippen LogP contribution is 2.41. The molecule has 0 saturated carbocycles. The zero-order valence-corrected chi connectivity index (χ0v) is 21.9. The Balaban J connectivity index is 1.54. The van der Waals surface area contributed by atoms with E-state index >= 15 is 0 Å². The highest BCUT2D eigenvalue weighted by Gasteiger charge is 2.56. The number of pyridine rings is 1. The van der Waals surface area contributed by atoms with Crippen molar-refractivity contribution in [3.05, 3.63) is 68.1 Å². The molecule has 0 radical (unpaired) electrons. The lowest BCUT2D eigenvalue weighted by molar-refractivity contribution is -0.157. The van der Waals surface area contributed by atoms with Gasteiger partial charge in [-0.3, -0.25) is 24.2 Å². The number of carbonyl (C=O) groups excluding carboxylic acids is 2. The molecule has 1 aromatic heterocycles. The molecular formula is C25H26Cl2N4O3S. The Morgan fingerprint density at radius 2 is 1.57 bits per heavy atom. The maximum atomic E-state index is 13.8. The van der Waals surface area contributed by atoms with E-state index in [2.05, 4.69) is 4.90 Å². The van der Waals surface area contributed by atoms with Crippen molar-refractivity contribution >= 4 is 52.3 Å². The number of thiocarbonyl (C=S) groups is 1. The lowest BCUT2D eigenvalue weighted by atomic mass is 9.75. The highest BCUT2D eigenvalue weighted by molar-refractivity contribution is 7.80. The smallest absolute Gasteiger partial charge is 0.250 e. The molecule has 5 rings (SSSR count). The topological polar surface area (TPSA) is 65.9 Å². The Hall–Kier alpha value is -2.26. The minimum atomic E-state index is -1.43. The number of benzene rings is 1. The van der Waals surface area contributed by atoms with Gasteiger partial charge < -0.3 is 9.47 Å². The molecule has 3 aliphatic heterocycles. The van der Waals surface area contributed by atoms with Crippen molar-refractivity contribution < 1.29 is 9.59 Å². The molecule has 2 atom stereocenters. The summed E-state index contributed by atoms with van der Waals surface area (Å²) in [5, 5.41) is 1.00. The zero-order valence-electron chi connectivity index (χ0n) is 19.5. The van der Waals surface area contributed by atoms with Crippen molar-refractivity contribution in [1.29, 1.82) is 0 Å². The molecule has 0 N–H and O–H groups in total. The largest absolute Gasteiger partial charge is 0.312 e. The van der Waals surface area contributed by atoms with Crippen LogP contribution in [0.25, 0.3) is 0 Å². The van der Waals surface area contributed by atoms with Crippen LogP contribution in [0, 0.1) is 11.3 Å². The van der Waals surface area contributed by atoms with Crippen LogP contribution in [0.1, 0.15) is 23.6 Å². The molecule has 1 aromatic carbocycles. The molecule has 0 unspecified atom stereocenters. The number of piperidine rings is 1. The molecule has 4 heterocycles. The third-order valence-electron chi connectivity index (χ3n) is 7.59. The molecule has 7 nitrogen and oxygen atoms in total. The van der Waals surface area contributed by atoms with Gasteiger partial charge in [-0.15, -0.1) is 0 Å². The maximum absolute atomic E-state index is 13.8. The molecule has 184 valence electrons. The van der Waals surface area contributed by atoms with Gasteiger partial charge in [0.1, 0.15) is 5.41 Å². The van der Waals surface area contributed by atoms with Crippen LogP contribution in [0.5, 0.6) is 0 Å². The summed E-state index contributed by atoms with van der Waals surface area (Å²) in [5.74, 6) is -0.293. The number of carbonyl (C=O) groups is 2. The van der Waals surface area contributed by atoms with Crippen molar-refractivity contribution in [2.45, 2.75) is 25.3 Å². The van der Waals surface area contributed by atoms with Gasteiger partial charge in [0.15, 0.2) is 5.11 Å². The Kier molecular flexibility index (Phi) is 6.28. The van der Waals surface area contributed by atoms with E-state index in [0.29, 0.717) is 35.2 Å². The van der Waals surface area contributed by atoms with E-state index < -0.39 is 5.41 Å². The molecular weight excluding hydrogens is 507 g/mol. The summed E-state index contributed by atoms with van der Waals surface area (Å²) in [6, 6.07) is 10.6. The summed E-state index contributed by atoms with van der Waals surface area (Å²) in [6.45, 7) is 2.19. The average Bonchev–Trinajstić information content (AvgIpc) is 2.83. The molecule has 2 aromatic rings. The number of rotatable bonds is 4. The van der Waals surface area contributed by atoms with Crippen LogP contribution in [0.15, 0.2) is 41.2 Å². The third kappa shape index (κ3) is 4.00.